The number of rotatable bonds is 1. The van der Waals surface area contributed by atoms with Crippen LogP contribution in [0.4, 0.5) is 0 Å². The summed E-state index contributed by atoms with van der Waals surface area (Å²) in [6, 6.07) is 0. The van der Waals surface area contributed by atoms with Crippen LogP contribution in [0, 0.1) is 17.9 Å². The second-order valence-corrected chi connectivity index (χ2v) is 4.86. The van der Waals surface area contributed by atoms with E-state index in [2.05, 4.69) is 0 Å². The first kappa shape index (κ1) is 10.4. The normalized spacial score (nSPS) is 41.1. The SMILES string of the molecule is O[C]1CCCCC1C1CCCCC1O. The number of aliphatic hydroxyl groups excluding tert-OH is 2. The molecule has 0 bridgehead atoms. The number of aliphatic hydroxyl groups is 2. The minimum absolute atomic E-state index is 0.158. The highest BCUT2D eigenvalue weighted by Gasteiger charge is 2.36. The van der Waals surface area contributed by atoms with Crippen LogP contribution in [0.25, 0.3) is 0 Å². The predicted octanol–water partition coefficient (Wildman–Crippen LogP) is 2.63. The minimum Gasteiger partial charge on any atom is -0.393 e. The Morgan fingerprint density at radius 1 is 0.929 bits per heavy atom. The van der Waals surface area contributed by atoms with Crippen LogP contribution in [-0.4, -0.2) is 16.3 Å². The zero-order chi connectivity index (χ0) is 9.97. The molecule has 0 aromatic heterocycles. The summed E-state index contributed by atoms with van der Waals surface area (Å²) in [7, 11) is 0. The van der Waals surface area contributed by atoms with E-state index in [1.165, 1.54) is 12.8 Å². The van der Waals surface area contributed by atoms with E-state index in [1.54, 1.807) is 0 Å². The average molecular weight is 197 g/mol. The van der Waals surface area contributed by atoms with E-state index < -0.39 is 0 Å². The molecule has 0 aliphatic heterocycles. The second kappa shape index (κ2) is 4.63. The van der Waals surface area contributed by atoms with E-state index in [0.717, 1.165) is 38.5 Å². The molecule has 2 fully saturated rings. The Morgan fingerprint density at radius 2 is 1.64 bits per heavy atom. The smallest absolute Gasteiger partial charge is 0.0967 e. The van der Waals surface area contributed by atoms with Crippen LogP contribution in [-0.2, 0) is 0 Å². The van der Waals surface area contributed by atoms with E-state index in [9.17, 15) is 10.2 Å². The van der Waals surface area contributed by atoms with Crippen molar-refractivity contribution >= 4 is 0 Å². The van der Waals surface area contributed by atoms with Crippen molar-refractivity contribution in [3.8, 4) is 0 Å². The molecule has 2 aliphatic carbocycles. The Morgan fingerprint density at radius 3 is 2.36 bits per heavy atom. The lowest BCUT2D eigenvalue weighted by molar-refractivity contribution is 0.00745. The molecule has 2 saturated carbocycles. The van der Waals surface area contributed by atoms with Crippen molar-refractivity contribution < 1.29 is 10.2 Å². The van der Waals surface area contributed by atoms with Gasteiger partial charge in [0.1, 0.15) is 0 Å². The fraction of sp³-hybridized carbons (Fsp3) is 0.917. The van der Waals surface area contributed by atoms with Gasteiger partial charge in [0.2, 0.25) is 0 Å². The lowest BCUT2D eigenvalue weighted by Gasteiger charge is -2.38. The number of hydrogen-bond donors (Lipinski definition) is 2. The maximum atomic E-state index is 9.91. The summed E-state index contributed by atoms with van der Waals surface area (Å²) < 4.78 is 0. The molecule has 2 heteroatoms. The van der Waals surface area contributed by atoms with Gasteiger partial charge in [0.25, 0.3) is 0 Å². The molecule has 2 nitrogen and oxygen atoms in total. The zero-order valence-corrected chi connectivity index (χ0v) is 8.78. The van der Waals surface area contributed by atoms with Crippen LogP contribution in [0.2, 0.25) is 0 Å². The van der Waals surface area contributed by atoms with Gasteiger partial charge in [-0.05, 0) is 37.5 Å². The summed E-state index contributed by atoms with van der Waals surface area (Å²) in [5.41, 5.74) is 0. The summed E-state index contributed by atoms with van der Waals surface area (Å²) in [6.45, 7) is 0. The predicted molar refractivity (Wildman–Crippen MR) is 55.1 cm³/mol. The number of hydrogen-bond acceptors (Lipinski definition) is 2. The molecule has 0 saturated heterocycles. The van der Waals surface area contributed by atoms with Crippen molar-refractivity contribution in [1.29, 1.82) is 0 Å². The average Bonchev–Trinajstić information content (AvgIpc) is 2.20. The molecule has 0 aromatic carbocycles. The summed E-state index contributed by atoms with van der Waals surface area (Å²) in [5, 5.41) is 19.8. The summed E-state index contributed by atoms with van der Waals surface area (Å²) in [4.78, 5) is 0. The molecule has 0 aromatic rings. The van der Waals surface area contributed by atoms with Crippen molar-refractivity contribution in [2.75, 3.05) is 0 Å². The maximum absolute atomic E-state index is 9.91. The quantitative estimate of drug-likeness (QED) is 0.678. The van der Waals surface area contributed by atoms with Crippen molar-refractivity contribution in [3.05, 3.63) is 6.10 Å². The summed E-state index contributed by atoms with van der Waals surface area (Å²) >= 11 is 0. The van der Waals surface area contributed by atoms with Crippen molar-refractivity contribution in [2.45, 2.75) is 57.5 Å². The van der Waals surface area contributed by atoms with Crippen LogP contribution in [0.5, 0.6) is 0 Å². The van der Waals surface area contributed by atoms with E-state index in [1.807, 2.05) is 0 Å². The first-order chi connectivity index (χ1) is 6.79. The highest BCUT2D eigenvalue weighted by molar-refractivity contribution is 4.95. The molecule has 2 rings (SSSR count). The van der Waals surface area contributed by atoms with Gasteiger partial charge in [0.15, 0.2) is 0 Å². The molecule has 0 amide bonds. The Balaban J connectivity index is 1.96. The molecule has 3 unspecified atom stereocenters. The van der Waals surface area contributed by atoms with Crippen molar-refractivity contribution in [3.63, 3.8) is 0 Å². The third-order valence-electron chi connectivity index (χ3n) is 3.92. The van der Waals surface area contributed by atoms with Gasteiger partial charge >= 0.3 is 0 Å². The standard InChI is InChI=1S/C12H21O2/c13-11-7-3-1-5-9(11)10-6-2-4-8-12(10)14/h9-11,13-14H,1-8H2. The molecule has 0 heterocycles. The molecule has 81 valence electrons. The van der Waals surface area contributed by atoms with E-state index in [4.69, 9.17) is 0 Å². The van der Waals surface area contributed by atoms with Gasteiger partial charge in [0.05, 0.1) is 12.2 Å². The fourth-order valence-electron chi connectivity index (χ4n) is 3.09. The zero-order valence-electron chi connectivity index (χ0n) is 8.78. The third kappa shape index (κ3) is 2.12. The lowest BCUT2D eigenvalue weighted by atomic mass is 9.71. The minimum atomic E-state index is -0.158. The third-order valence-corrected chi connectivity index (χ3v) is 3.92. The van der Waals surface area contributed by atoms with Crippen LogP contribution < -0.4 is 0 Å². The Kier molecular flexibility index (Phi) is 3.45. The van der Waals surface area contributed by atoms with Crippen LogP contribution in [0.15, 0.2) is 0 Å². The Bertz CT molecular complexity index is 161. The van der Waals surface area contributed by atoms with Gasteiger partial charge in [-0.2, -0.15) is 0 Å². The maximum Gasteiger partial charge on any atom is 0.0967 e. The Labute approximate surface area is 86.3 Å². The van der Waals surface area contributed by atoms with Gasteiger partial charge in [-0.15, -0.1) is 0 Å². The van der Waals surface area contributed by atoms with Gasteiger partial charge in [-0.1, -0.05) is 25.7 Å². The molecule has 2 N–H and O–H groups in total. The molecular formula is C12H21O2. The van der Waals surface area contributed by atoms with Crippen LogP contribution in [0.1, 0.15) is 51.4 Å². The lowest BCUT2D eigenvalue weighted by Crippen LogP contribution is -2.35. The molecule has 14 heavy (non-hydrogen) atoms. The molecular weight excluding hydrogens is 176 g/mol. The van der Waals surface area contributed by atoms with Crippen LogP contribution in [0.3, 0.4) is 0 Å². The highest BCUT2D eigenvalue weighted by Crippen LogP contribution is 2.41. The fourth-order valence-corrected chi connectivity index (χ4v) is 3.09. The van der Waals surface area contributed by atoms with Gasteiger partial charge in [-0.3, -0.25) is 0 Å². The molecule has 3 atom stereocenters. The van der Waals surface area contributed by atoms with E-state index >= 15 is 0 Å². The molecule has 1 radical (unpaired) electrons. The van der Waals surface area contributed by atoms with E-state index in [-0.39, 0.29) is 6.10 Å². The summed E-state index contributed by atoms with van der Waals surface area (Å²) in [6.07, 6.45) is 9.25. The van der Waals surface area contributed by atoms with Gasteiger partial charge in [0, 0.05) is 0 Å². The van der Waals surface area contributed by atoms with Crippen LogP contribution >= 0.6 is 0 Å². The van der Waals surface area contributed by atoms with Gasteiger partial charge in [-0.25, -0.2) is 0 Å². The monoisotopic (exact) mass is 197 g/mol. The van der Waals surface area contributed by atoms with Crippen molar-refractivity contribution in [2.24, 2.45) is 11.8 Å². The molecule has 2 aliphatic rings. The summed E-state index contributed by atoms with van der Waals surface area (Å²) in [5.74, 6) is 0.656. The van der Waals surface area contributed by atoms with Crippen molar-refractivity contribution in [1.82, 2.24) is 0 Å². The highest BCUT2D eigenvalue weighted by atomic mass is 16.3. The largest absolute Gasteiger partial charge is 0.393 e. The first-order valence-corrected chi connectivity index (χ1v) is 6.02. The topological polar surface area (TPSA) is 40.5 Å². The van der Waals surface area contributed by atoms with Gasteiger partial charge < -0.3 is 10.2 Å². The second-order valence-electron chi connectivity index (χ2n) is 4.86. The Hall–Kier alpha value is -0.0800. The first-order valence-electron chi connectivity index (χ1n) is 6.02. The van der Waals surface area contributed by atoms with E-state index in [0.29, 0.717) is 17.9 Å². The molecule has 0 spiro atoms.